The third-order valence-electron chi connectivity index (χ3n) is 3.99. The molecular formula is C16H23NO5S. The Kier molecular flexibility index (Phi) is 5.44. The smallest absolute Gasteiger partial charge is 0.336 e. The number of hydrogen-bond donors (Lipinski definition) is 2. The number of ether oxygens (including phenoxy) is 1. The van der Waals surface area contributed by atoms with E-state index in [-0.39, 0.29) is 29.4 Å². The minimum atomic E-state index is -3.53. The van der Waals surface area contributed by atoms with Gasteiger partial charge < -0.3 is 9.84 Å². The molecule has 1 aliphatic rings. The summed E-state index contributed by atoms with van der Waals surface area (Å²) in [5, 5.41) is 9.11. The zero-order chi connectivity index (χ0) is 17.1. The van der Waals surface area contributed by atoms with Gasteiger partial charge in [0.1, 0.15) is 0 Å². The summed E-state index contributed by atoms with van der Waals surface area (Å²) in [6, 6.07) is 6.35. The number of carboxylic acid groups (broad SMARTS) is 1. The van der Waals surface area contributed by atoms with E-state index in [4.69, 9.17) is 9.84 Å². The third-order valence-corrected chi connectivity index (χ3v) is 5.38. The number of benzene rings is 1. The van der Waals surface area contributed by atoms with Gasteiger partial charge in [-0.25, -0.2) is 17.9 Å². The van der Waals surface area contributed by atoms with Gasteiger partial charge in [0, 0.05) is 6.54 Å². The second-order valence-corrected chi connectivity index (χ2v) is 8.55. The Morgan fingerprint density at radius 3 is 2.70 bits per heavy atom. The van der Waals surface area contributed by atoms with E-state index in [0.717, 1.165) is 6.42 Å². The van der Waals surface area contributed by atoms with E-state index in [2.05, 4.69) is 18.6 Å². The topological polar surface area (TPSA) is 92.7 Å². The van der Waals surface area contributed by atoms with Gasteiger partial charge in [-0.15, -0.1) is 0 Å². The lowest BCUT2D eigenvalue weighted by atomic mass is 9.86. The summed E-state index contributed by atoms with van der Waals surface area (Å²) in [5.41, 5.74) is 0.633. The van der Waals surface area contributed by atoms with Crippen molar-refractivity contribution in [2.45, 2.75) is 39.3 Å². The maximum Gasteiger partial charge on any atom is 0.336 e. The summed E-state index contributed by atoms with van der Waals surface area (Å²) >= 11 is 0. The third kappa shape index (κ3) is 5.30. The molecule has 1 aromatic carbocycles. The predicted octanol–water partition coefficient (Wildman–Crippen LogP) is 2.01. The Hall–Kier alpha value is -1.44. The highest BCUT2D eigenvalue weighted by Crippen LogP contribution is 2.30. The summed E-state index contributed by atoms with van der Waals surface area (Å²) in [6.07, 6.45) is 1.32. The monoisotopic (exact) mass is 341 g/mol. The standard InChI is InChI=1S/C16H23NO5S/c1-16(2)8-7-13(22-11-16)10-23(20,21)17-9-12-5-3-4-6-14(12)15(18)19/h3-6,13,17H,7-11H2,1-2H3,(H,18,19). The Labute approximate surface area is 136 Å². The summed E-state index contributed by atoms with van der Waals surface area (Å²) in [5.74, 6) is -1.17. The van der Waals surface area contributed by atoms with Crippen LogP contribution in [0, 0.1) is 5.41 Å². The first-order valence-corrected chi connectivity index (χ1v) is 9.24. The molecule has 1 aliphatic heterocycles. The Morgan fingerprint density at radius 2 is 2.09 bits per heavy atom. The van der Waals surface area contributed by atoms with Crippen molar-refractivity contribution >= 4 is 16.0 Å². The van der Waals surface area contributed by atoms with E-state index >= 15 is 0 Å². The molecule has 23 heavy (non-hydrogen) atoms. The van der Waals surface area contributed by atoms with Gasteiger partial charge in [-0.3, -0.25) is 0 Å². The van der Waals surface area contributed by atoms with Crippen molar-refractivity contribution in [1.29, 1.82) is 0 Å². The normalized spacial score (nSPS) is 21.0. The largest absolute Gasteiger partial charge is 0.478 e. The van der Waals surface area contributed by atoms with Crippen LogP contribution in [0.2, 0.25) is 0 Å². The number of carbonyl (C=O) groups is 1. The molecule has 1 unspecified atom stereocenters. The molecule has 0 radical (unpaired) electrons. The minimum absolute atomic E-state index is 0.0387. The van der Waals surface area contributed by atoms with Crippen molar-refractivity contribution < 1.29 is 23.1 Å². The molecule has 1 heterocycles. The van der Waals surface area contributed by atoms with Crippen LogP contribution in [0.4, 0.5) is 0 Å². The van der Waals surface area contributed by atoms with Crippen LogP contribution in [0.1, 0.15) is 42.6 Å². The molecule has 0 amide bonds. The van der Waals surface area contributed by atoms with Gasteiger partial charge in [0.05, 0.1) is 24.0 Å². The quantitative estimate of drug-likeness (QED) is 0.826. The molecule has 6 nitrogen and oxygen atoms in total. The fourth-order valence-electron chi connectivity index (χ4n) is 2.56. The average molecular weight is 341 g/mol. The van der Waals surface area contributed by atoms with Crippen LogP contribution in [-0.4, -0.2) is 38.0 Å². The van der Waals surface area contributed by atoms with Gasteiger partial charge in [-0.1, -0.05) is 32.0 Å². The molecule has 0 spiro atoms. The van der Waals surface area contributed by atoms with E-state index in [1.807, 2.05) is 0 Å². The predicted molar refractivity (Wildman–Crippen MR) is 86.8 cm³/mol. The van der Waals surface area contributed by atoms with E-state index in [0.29, 0.717) is 18.6 Å². The van der Waals surface area contributed by atoms with Crippen LogP contribution >= 0.6 is 0 Å². The number of hydrogen-bond acceptors (Lipinski definition) is 4. The first-order valence-electron chi connectivity index (χ1n) is 7.59. The summed E-state index contributed by atoms with van der Waals surface area (Å²) in [7, 11) is -3.53. The molecule has 0 bridgehead atoms. The molecule has 0 aromatic heterocycles. The van der Waals surface area contributed by atoms with E-state index < -0.39 is 16.0 Å². The maximum absolute atomic E-state index is 12.2. The molecule has 1 saturated heterocycles. The molecule has 0 saturated carbocycles. The van der Waals surface area contributed by atoms with Gasteiger partial charge in [-0.05, 0) is 29.9 Å². The van der Waals surface area contributed by atoms with Gasteiger partial charge in [-0.2, -0.15) is 0 Å². The van der Waals surface area contributed by atoms with Crippen molar-refractivity contribution in [1.82, 2.24) is 4.72 Å². The minimum Gasteiger partial charge on any atom is -0.478 e. The lowest BCUT2D eigenvalue weighted by molar-refractivity contribution is -0.0371. The van der Waals surface area contributed by atoms with Crippen molar-refractivity contribution in [2.75, 3.05) is 12.4 Å². The molecule has 7 heteroatoms. The number of carboxylic acids is 1. The summed E-state index contributed by atoms with van der Waals surface area (Å²) in [6.45, 7) is 4.70. The second kappa shape index (κ2) is 6.98. The number of sulfonamides is 1. The molecule has 0 aliphatic carbocycles. The highest BCUT2D eigenvalue weighted by Gasteiger charge is 2.30. The fraction of sp³-hybridized carbons (Fsp3) is 0.562. The lowest BCUT2D eigenvalue weighted by Crippen LogP contribution is -2.39. The van der Waals surface area contributed by atoms with E-state index in [1.54, 1.807) is 18.2 Å². The van der Waals surface area contributed by atoms with Crippen molar-refractivity contribution in [3.63, 3.8) is 0 Å². The van der Waals surface area contributed by atoms with Crippen molar-refractivity contribution in [3.8, 4) is 0 Å². The van der Waals surface area contributed by atoms with E-state index in [9.17, 15) is 13.2 Å². The van der Waals surface area contributed by atoms with Crippen LogP contribution in [-0.2, 0) is 21.3 Å². The Balaban J connectivity index is 1.94. The van der Waals surface area contributed by atoms with E-state index in [1.165, 1.54) is 6.07 Å². The zero-order valence-electron chi connectivity index (χ0n) is 13.4. The molecule has 2 rings (SSSR count). The van der Waals surface area contributed by atoms with Crippen LogP contribution in [0.15, 0.2) is 24.3 Å². The molecule has 2 N–H and O–H groups in total. The van der Waals surface area contributed by atoms with Crippen molar-refractivity contribution in [3.05, 3.63) is 35.4 Å². The van der Waals surface area contributed by atoms with Gasteiger partial charge in [0.15, 0.2) is 0 Å². The number of aromatic carboxylic acids is 1. The summed E-state index contributed by atoms with van der Waals surface area (Å²) < 4.78 is 32.4. The number of nitrogens with one attached hydrogen (secondary N) is 1. The van der Waals surface area contributed by atoms with Crippen molar-refractivity contribution in [2.24, 2.45) is 5.41 Å². The molecule has 128 valence electrons. The SMILES string of the molecule is CC1(C)CCC(CS(=O)(=O)NCc2ccccc2C(=O)O)OC1. The van der Waals surface area contributed by atoms with Gasteiger partial charge in [0.25, 0.3) is 0 Å². The maximum atomic E-state index is 12.2. The summed E-state index contributed by atoms with van der Waals surface area (Å²) in [4.78, 5) is 11.1. The second-order valence-electron chi connectivity index (χ2n) is 6.70. The van der Waals surface area contributed by atoms with Crippen LogP contribution in [0.5, 0.6) is 0 Å². The van der Waals surface area contributed by atoms with Gasteiger partial charge >= 0.3 is 5.97 Å². The average Bonchev–Trinajstić information content (AvgIpc) is 2.47. The zero-order valence-corrected chi connectivity index (χ0v) is 14.2. The molecule has 1 atom stereocenters. The number of rotatable bonds is 6. The fourth-order valence-corrected chi connectivity index (χ4v) is 3.80. The van der Waals surface area contributed by atoms with Crippen LogP contribution < -0.4 is 4.72 Å². The molecule has 1 fully saturated rings. The van der Waals surface area contributed by atoms with Crippen LogP contribution in [0.25, 0.3) is 0 Å². The Bertz CT molecular complexity index is 659. The highest BCUT2D eigenvalue weighted by molar-refractivity contribution is 7.89. The first-order chi connectivity index (χ1) is 10.7. The highest BCUT2D eigenvalue weighted by atomic mass is 32.2. The van der Waals surface area contributed by atoms with Crippen LogP contribution in [0.3, 0.4) is 0 Å². The Morgan fingerprint density at radius 1 is 1.39 bits per heavy atom. The molecule has 1 aromatic rings. The molecular weight excluding hydrogens is 318 g/mol. The lowest BCUT2D eigenvalue weighted by Gasteiger charge is -2.34. The van der Waals surface area contributed by atoms with Gasteiger partial charge in [0.2, 0.25) is 10.0 Å². The first kappa shape index (κ1) is 17.9.